The molecule has 3 heteroatoms. The number of aryl methyl sites for hydroxylation is 1. The van der Waals surface area contributed by atoms with Gasteiger partial charge in [-0.2, -0.15) is 0 Å². The van der Waals surface area contributed by atoms with Crippen LogP contribution in [0.4, 0.5) is 11.4 Å². The van der Waals surface area contributed by atoms with Gasteiger partial charge in [-0.15, -0.1) is 0 Å². The van der Waals surface area contributed by atoms with E-state index in [2.05, 4.69) is 29.4 Å². The standard InChI is InChI=1S/C17H23N3/c1-12-10-13-14(11-19-12)15(18)6-7-16(13)20-17(2)8-4-3-5-9-17/h6-7,10-11,20H,3-5,8-9,18H2,1-2H3. The van der Waals surface area contributed by atoms with Gasteiger partial charge in [0, 0.05) is 39.6 Å². The van der Waals surface area contributed by atoms with E-state index >= 15 is 0 Å². The van der Waals surface area contributed by atoms with E-state index in [0.29, 0.717) is 0 Å². The SMILES string of the molecule is Cc1cc2c(NC3(C)CCCCC3)ccc(N)c2cn1. The second kappa shape index (κ2) is 4.97. The van der Waals surface area contributed by atoms with Crippen molar-refractivity contribution in [2.75, 3.05) is 11.1 Å². The lowest BCUT2D eigenvalue weighted by Crippen LogP contribution is -2.36. The third kappa shape index (κ3) is 2.45. The normalized spacial score (nSPS) is 18.1. The van der Waals surface area contributed by atoms with E-state index in [1.807, 2.05) is 19.2 Å². The Morgan fingerprint density at radius 3 is 2.65 bits per heavy atom. The van der Waals surface area contributed by atoms with Crippen LogP contribution in [0.1, 0.15) is 44.7 Å². The predicted octanol–water partition coefficient (Wildman–Crippen LogP) is 4.26. The lowest BCUT2D eigenvalue weighted by Gasteiger charge is -2.36. The van der Waals surface area contributed by atoms with Crippen LogP contribution in [-0.2, 0) is 0 Å². The Kier molecular flexibility index (Phi) is 3.28. The van der Waals surface area contributed by atoms with Crippen molar-refractivity contribution in [3.05, 3.63) is 30.1 Å². The summed E-state index contributed by atoms with van der Waals surface area (Å²) in [4.78, 5) is 4.37. The van der Waals surface area contributed by atoms with Crippen LogP contribution in [0.3, 0.4) is 0 Å². The first-order valence-electron chi connectivity index (χ1n) is 7.50. The van der Waals surface area contributed by atoms with Gasteiger partial charge in [-0.1, -0.05) is 19.3 Å². The molecule has 0 aliphatic heterocycles. The molecule has 0 radical (unpaired) electrons. The van der Waals surface area contributed by atoms with Crippen LogP contribution in [0.5, 0.6) is 0 Å². The maximum atomic E-state index is 6.07. The number of nitrogens with zero attached hydrogens (tertiary/aromatic N) is 1. The van der Waals surface area contributed by atoms with Crippen LogP contribution < -0.4 is 11.1 Å². The average Bonchev–Trinajstić information content (AvgIpc) is 2.43. The van der Waals surface area contributed by atoms with E-state index in [4.69, 9.17) is 5.73 Å². The molecule has 0 atom stereocenters. The monoisotopic (exact) mass is 269 g/mol. The summed E-state index contributed by atoms with van der Waals surface area (Å²) in [5.41, 5.74) is 9.29. The number of pyridine rings is 1. The van der Waals surface area contributed by atoms with Crippen molar-refractivity contribution in [3.8, 4) is 0 Å². The molecule has 1 aliphatic rings. The van der Waals surface area contributed by atoms with Crippen LogP contribution in [-0.4, -0.2) is 10.5 Å². The van der Waals surface area contributed by atoms with Crippen LogP contribution in [0.2, 0.25) is 0 Å². The third-order valence-electron chi connectivity index (χ3n) is 4.46. The van der Waals surface area contributed by atoms with Crippen molar-refractivity contribution < 1.29 is 0 Å². The topological polar surface area (TPSA) is 50.9 Å². The fourth-order valence-electron chi connectivity index (χ4n) is 3.26. The van der Waals surface area contributed by atoms with E-state index in [0.717, 1.165) is 16.8 Å². The highest BCUT2D eigenvalue weighted by atomic mass is 15.0. The van der Waals surface area contributed by atoms with Gasteiger partial charge in [-0.3, -0.25) is 4.98 Å². The second-order valence-corrected chi connectivity index (χ2v) is 6.32. The number of nitrogen functional groups attached to an aromatic ring is 1. The molecule has 0 spiro atoms. The molecule has 3 N–H and O–H groups in total. The molecule has 1 aromatic heterocycles. The molecule has 20 heavy (non-hydrogen) atoms. The van der Waals surface area contributed by atoms with Crippen LogP contribution in [0, 0.1) is 6.92 Å². The van der Waals surface area contributed by atoms with Crippen molar-refractivity contribution in [3.63, 3.8) is 0 Å². The summed E-state index contributed by atoms with van der Waals surface area (Å²) in [5.74, 6) is 0. The minimum Gasteiger partial charge on any atom is -0.398 e. The summed E-state index contributed by atoms with van der Waals surface area (Å²) >= 11 is 0. The Morgan fingerprint density at radius 1 is 1.15 bits per heavy atom. The van der Waals surface area contributed by atoms with E-state index in [-0.39, 0.29) is 5.54 Å². The number of nitrogens with two attached hydrogens (primary N) is 1. The van der Waals surface area contributed by atoms with Crippen molar-refractivity contribution in [2.24, 2.45) is 0 Å². The minimum atomic E-state index is 0.207. The molecule has 1 heterocycles. The van der Waals surface area contributed by atoms with Gasteiger partial charge in [-0.25, -0.2) is 0 Å². The number of rotatable bonds is 2. The summed E-state index contributed by atoms with van der Waals surface area (Å²) in [6.45, 7) is 4.36. The maximum absolute atomic E-state index is 6.07. The smallest absolute Gasteiger partial charge is 0.0426 e. The van der Waals surface area contributed by atoms with E-state index in [9.17, 15) is 0 Å². The van der Waals surface area contributed by atoms with E-state index < -0.39 is 0 Å². The summed E-state index contributed by atoms with van der Waals surface area (Å²) in [7, 11) is 0. The minimum absolute atomic E-state index is 0.207. The lowest BCUT2D eigenvalue weighted by atomic mass is 9.83. The molecule has 3 rings (SSSR count). The summed E-state index contributed by atoms with van der Waals surface area (Å²) in [5, 5.41) is 6.00. The zero-order valence-corrected chi connectivity index (χ0v) is 12.4. The van der Waals surface area contributed by atoms with Gasteiger partial charge in [0.15, 0.2) is 0 Å². The first-order valence-corrected chi connectivity index (χ1v) is 7.50. The highest BCUT2D eigenvalue weighted by Gasteiger charge is 2.26. The van der Waals surface area contributed by atoms with E-state index in [1.165, 1.54) is 43.2 Å². The summed E-state index contributed by atoms with van der Waals surface area (Å²) < 4.78 is 0. The predicted molar refractivity (Wildman–Crippen MR) is 86.0 cm³/mol. The number of aromatic nitrogens is 1. The Balaban J connectivity index is 2.03. The van der Waals surface area contributed by atoms with Crippen LogP contribution in [0.15, 0.2) is 24.4 Å². The molecule has 1 saturated carbocycles. The number of benzene rings is 1. The van der Waals surface area contributed by atoms with Gasteiger partial charge < -0.3 is 11.1 Å². The number of anilines is 2. The largest absolute Gasteiger partial charge is 0.398 e. The number of hydrogen-bond acceptors (Lipinski definition) is 3. The molecule has 0 bridgehead atoms. The highest BCUT2D eigenvalue weighted by Crippen LogP contribution is 2.35. The molecule has 3 nitrogen and oxygen atoms in total. The highest BCUT2D eigenvalue weighted by molar-refractivity contribution is 6.01. The van der Waals surface area contributed by atoms with Crippen molar-refractivity contribution in [1.29, 1.82) is 0 Å². The number of fused-ring (bicyclic) bond motifs is 1. The van der Waals surface area contributed by atoms with Gasteiger partial charge in [0.1, 0.15) is 0 Å². The Morgan fingerprint density at radius 2 is 1.90 bits per heavy atom. The Labute approximate surface area is 120 Å². The van der Waals surface area contributed by atoms with Gasteiger partial charge in [-0.05, 0) is 44.9 Å². The average molecular weight is 269 g/mol. The third-order valence-corrected chi connectivity index (χ3v) is 4.46. The van der Waals surface area contributed by atoms with Gasteiger partial charge in [0.05, 0.1) is 0 Å². The molecule has 1 aliphatic carbocycles. The molecular weight excluding hydrogens is 246 g/mol. The Hall–Kier alpha value is -1.77. The van der Waals surface area contributed by atoms with Crippen LogP contribution in [0.25, 0.3) is 10.8 Å². The molecule has 2 aromatic rings. The van der Waals surface area contributed by atoms with Gasteiger partial charge in [0.2, 0.25) is 0 Å². The zero-order valence-electron chi connectivity index (χ0n) is 12.4. The quantitative estimate of drug-likeness (QED) is 0.801. The van der Waals surface area contributed by atoms with Gasteiger partial charge in [0.25, 0.3) is 0 Å². The lowest BCUT2D eigenvalue weighted by molar-refractivity contribution is 0.349. The fraction of sp³-hybridized carbons (Fsp3) is 0.471. The first kappa shape index (κ1) is 13.2. The van der Waals surface area contributed by atoms with Crippen molar-refractivity contribution >= 4 is 22.1 Å². The molecule has 1 aromatic carbocycles. The molecule has 1 fully saturated rings. The zero-order chi connectivity index (χ0) is 14.2. The number of nitrogens with one attached hydrogen (secondary N) is 1. The summed E-state index contributed by atoms with van der Waals surface area (Å²) in [6.07, 6.45) is 8.36. The molecule has 0 unspecified atom stereocenters. The number of hydrogen-bond donors (Lipinski definition) is 2. The van der Waals surface area contributed by atoms with Crippen LogP contribution >= 0.6 is 0 Å². The summed E-state index contributed by atoms with van der Waals surface area (Å²) in [6, 6.07) is 6.21. The van der Waals surface area contributed by atoms with Crippen molar-refractivity contribution in [1.82, 2.24) is 4.98 Å². The fourth-order valence-corrected chi connectivity index (χ4v) is 3.26. The maximum Gasteiger partial charge on any atom is 0.0426 e. The molecule has 0 amide bonds. The first-order chi connectivity index (χ1) is 9.57. The molecule has 0 saturated heterocycles. The second-order valence-electron chi connectivity index (χ2n) is 6.32. The van der Waals surface area contributed by atoms with Crippen molar-refractivity contribution in [2.45, 2.75) is 51.5 Å². The van der Waals surface area contributed by atoms with Gasteiger partial charge >= 0.3 is 0 Å². The van der Waals surface area contributed by atoms with E-state index in [1.54, 1.807) is 0 Å². The Bertz CT molecular complexity index is 627. The molecule has 106 valence electrons. The molecular formula is C17H23N3.